The second-order valence-corrected chi connectivity index (χ2v) is 6.99. The van der Waals surface area contributed by atoms with Gasteiger partial charge in [0.05, 0.1) is 17.7 Å². The molecule has 1 saturated heterocycles. The van der Waals surface area contributed by atoms with E-state index in [4.69, 9.17) is 10.5 Å². The number of hydrazine groups is 1. The molecule has 122 valence electrons. The lowest BCUT2D eigenvalue weighted by atomic mass is 9.77. The molecule has 2 aliphatic carbocycles. The maximum Gasteiger partial charge on any atom is 0.141 e. The van der Waals surface area contributed by atoms with E-state index >= 15 is 0 Å². The topological polar surface area (TPSA) is 96.0 Å². The number of aromatic nitrogens is 1. The number of methoxy groups -OCH3 is 1. The van der Waals surface area contributed by atoms with Crippen molar-refractivity contribution in [2.75, 3.05) is 12.8 Å². The van der Waals surface area contributed by atoms with Gasteiger partial charge in [-0.1, -0.05) is 0 Å². The van der Waals surface area contributed by atoms with E-state index in [-0.39, 0.29) is 6.04 Å². The predicted octanol–water partition coefficient (Wildman–Crippen LogP) is 1.75. The SMILES string of the molecule is COC1CCC2NNC(c3cc(C4CC4)nc(N)c3C#N)C2C1. The summed E-state index contributed by atoms with van der Waals surface area (Å²) in [6.45, 7) is 0. The van der Waals surface area contributed by atoms with E-state index in [1.807, 2.05) is 0 Å². The Morgan fingerprint density at radius 2 is 2.13 bits per heavy atom. The van der Waals surface area contributed by atoms with E-state index in [9.17, 15) is 5.26 Å². The minimum atomic E-state index is 0.0930. The molecule has 3 fully saturated rings. The molecule has 1 aliphatic heterocycles. The third-order valence-electron chi connectivity index (χ3n) is 5.58. The summed E-state index contributed by atoms with van der Waals surface area (Å²) < 4.78 is 5.58. The molecule has 23 heavy (non-hydrogen) atoms. The van der Waals surface area contributed by atoms with E-state index < -0.39 is 0 Å². The second-order valence-electron chi connectivity index (χ2n) is 6.99. The zero-order chi connectivity index (χ0) is 16.0. The summed E-state index contributed by atoms with van der Waals surface area (Å²) in [7, 11) is 1.78. The summed E-state index contributed by atoms with van der Waals surface area (Å²) in [6, 6.07) is 4.88. The fourth-order valence-electron chi connectivity index (χ4n) is 4.10. The number of nitrogens with one attached hydrogen (secondary N) is 2. The van der Waals surface area contributed by atoms with Crippen LogP contribution in [0.1, 0.15) is 60.9 Å². The maximum absolute atomic E-state index is 9.56. The van der Waals surface area contributed by atoms with Crippen LogP contribution in [0.15, 0.2) is 6.07 Å². The molecule has 1 aromatic rings. The third-order valence-corrected chi connectivity index (χ3v) is 5.58. The highest BCUT2D eigenvalue weighted by atomic mass is 16.5. The van der Waals surface area contributed by atoms with E-state index in [2.05, 4.69) is 28.0 Å². The Balaban J connectivity index is 1.70. The van der Waals surface area contributed by atoms with Crippen LogP contribution in [-0.2, 0) is 4.74 Å². The van der Waals surface area contributed by atoms with Crippen molar-refractivity contribution in [3.8, 4) is 6.07 Å². The van der Waals surface area contributed by atoms with E-state index in [0.29, 0.717) is 35.4 Å². The van der Waals surface area contributed by atoms with Crippen LogP contribution in [-0.4, -0.2) is 24.2 Å². The number of nitrogens with two attached hydrogens (primary N) is 1. The van der Waals surface area contributed by atoms with E-state index in [1.165, 1.54) is 12.8 Å². The van der Waals surface area contributed by atoms with Gasteiger partial charge >= 0.3 is 0 Å². The van der Waals surface area contributed by atoms with Gasteiger partial charge in [0.2, 0.25) is 0 Å². The number of anilines is 1. The van der Waals surface area contributed by atoms with E-state index in [1.54, 1.807) is 7.11 Å². The summed E-state index contributed by atoms with van der Waals surface area (Å²) in [4.78, 5) is 4.46. The molecule has 0 spiro atoms. The van der Waals surface area contributed by atoms with Crippen molar-refractivity contribution in [3.05, 3.63) is 22.9 Å². The zero-order valence-electron chi connectivity index (χ0n) is 13.4. The first-order valence-corrected chi connectivity index (χ1v) is 8.45. The molecule has 1 aromatic heterocycles. The lowest BCUT2D eigenvalue weighted by molar-refractivity contribution is 0.0438. The van der Waals surface area contributed by atoms with Gasteiger partial charge in [-0.05, 0) is 49.7 Å². The fourth-order valence-corrected chi connectivity index (χ4v) is 4.10. The van der Waals surface area contributed by atoms with Crippen LogP contribution in [0.5, 0.6) is 0 Å². The molecular formula is C17H23N5O. The highest BCUT2D eigenvalue weighted by Gasteiger charge is 2.42. The Morgan fingerprint density at radius 1 is 1.30 bits per heavy atom. The number of fused-ring (bicyclic) bond motifs is 1. The average Bonchev–Trinajstić information content (AvgIpc) is 3.33. The molecule has 0 amide bonds. The number of hydrogen-bond acceptors (Lipinski definition) is 6. The highest BCUT2D eigenvalue weighted by Crippen LogP contribution is 2.44. The number of nitriles is 1. The van der Waals surface area contributed by atoms with Gasteiger partial charge in [-0.3, -0.25) is 5.43 Å². The standard InChI is InChI=1S/C17H23N5O/c1-23-10-4-5-14-12(6-10)16(22-21-14)11-7-15(9-2-3-9)20-17(19)13(11)8-18/h7,9-10,12,14,16,21-22H,2-6H2,1H3,(H2,19,20). The lowest BCUT2D eigenvalue weighted by Gasteiger charge is -2.32. The average molecular weight is 313 g/mol. The van der Waals surface area contributed by atoms with Crippen molar-refractivity contribution >= 4 is 5.82 Å². The minimum absolute atomic E-state index is 0.0930. The quantitative estimate of drug-likeness (QED) is 0.787. The van der Waals surface area contributed by atoms with Crippen LogP contribution < -0.4 is 16.6 Å². The van der Waals surface area contributed by atoms with Gasteiger partial charge in [-0.2, -0.15) is 5.26 Å². The number of nitrogens with zero attached hydrogens (tertiary/aromatic N) is 2. The predicted molar refractivity (Wildman–Crippen MR) is 86.3 cm³/mol. The van der Waals surface area contributed by atoms with Crippen LogP contribution in [0.25, 0.3) is 0 Å². The van der Waals surface area contributed by atoms with Crippen LogP contribution in [0, 0.1) is 17.2 Å². The lowest BCUT2D eigenvalue weighted by Crippen LogP contribution is -2.37. The maximum atomic E-state index is 9.56. The van der Waals surface area contributed by atoms with Crippen LogP contribution in [0.4, 0.5) is 5.82 Å². The highest BCUT2D eigenvalue weighted by molar-refractivity contribution is 5.56. The second kappa shape index (κ2) is 5.75. The molecule has 3 aliphatic rings. The van der Waals surface area contributed by atoms with Crippen molar-refractivity contribution in [2.45, 2.75) is 56.2 Å². The molecule has 0 bridgehead atoms. The molecular weight excluding hydrogens is 290 g/mol. The van der Waals surface area contributed by atoms with Crippen molar-refractivity contribution in [1.82, 2.24) is 15.8 Å². The molecule has 6 nitrogen and oxygen atoms in total. The summed E-state index contributed by atoms with van der Waals surface area (Å²) in [5.74, 6) is 1.30. The summed E-state index contributed by atoms with van der Waals surface area (Å²) in [6.07, 6.45) is 5.81. The first-order valence-electron chi connectivity index (χ1n) is 8.45. The third kappa shape index (κ3) is 2.59. The Hall–Kier alpha value is -1.68. The van der Waals surface area contributed by atoms with Gasteiger partial charge in [0.25, 0.3) is 0 Å². The van der Waals surface area contributed by atoms with Gasteiger partial charge in [0, 0.05) is 24.8 Å². The Kier molecular flexibility index (Phi) is 3.72. The molecule has 4 unspecified atom stereocenters. The molecule has 4 N–H and O–H groups in total. The smallest absolute Gasteiger partial charge is 0.141 e. The first-order chi connectivity index (χ1) is 11.2. The van der Waals surface area contributed by atoms with Crippen LogP contribution in [0.3, 0.4) is 0 Å². The van der Waals surface area contributed by atoms with Crippen molar-refractivity contribution in [2.24, 2.45) is 5.92 Å². The van der Waals surface area contributed by atoms with E-state index in [0.717, 1.165) is 30.5 Å². The molecule has 0 radical (unpaired) electrons. The number of nitrogen functional groups attached to an aromatic ring is 1. The number of pyridine rings is 1. The normalized spacial score (nSPS) is 33.2. The van der Waals surface area contributed by atoms with Crippen LogP contribution in [0.2, 0.25) is 0 Å². The van der Waals surface area contributed by atoms with Crippen molar-refractivity contribution in [3.63, 3.8) is 0 Å². The van der Waals surface area contributed by atoms with Crippen molar-refractivity contribution < 1.29 is 4.74 Å². The zero-order valence-corrected chi connectivity index (χ0v) is 13.4. The first kappa shape index (κ1) is 14.9. The summed E-state index contributed by atoms with van der Waals surface area (Å²) in [5.41, 5.74) is 15.5. The Labute approximate surface area is 136 Å². The van der Waals surface area contributed by atoms with Gasteiger partial charge in [-0.25, -0.2) is 10.4 Å². The van der Waals surface area contributed by atoms with Gasteiger partial charge < -0.3 is 10.5 Å². The van der Waals surface area contributed by atoms with Crippen LogP contribution >= 0.6 is 0 Å². The van der Waals surface area contributed by atoms with Gasteiger partial charge in [0.1, 0.15) is 11.9 Å². The number of hydrogen-bond donors (Lipinski definition) is 3. The Bertz CT molecular complexity index is 651. The largest absolute Gasteiger partial charge is 0.383 e. The molecule has 2 heterocycles. The molecule has 2 saturated carbocycles. The van der Waals surface area contributed by atoms with Gasteiger partial charge in [0.15, 0.2) is 0 Å². The van der Waals surface area contributed by atoms with Crippen molar-refractivity contribution in [1.29, 1.82) is 5.26 Å². The monoisotopic (exact) mass is 313 g/mol. The molecule has 6 heteroatoms. The Morgan fingerprint density at radius 3 is 2.83 bits per heavy atom. The fraction of sp³-hybridized carbons (Fsp3) is 0.647. The minimum Gasteiger partial charge on any atom is -0.383 e. The molecule has 4 rings (SSSR count). The summed E-state index contributed by atoms with van der Waals surface area (Å²) in [5, 5.41) is 9.56. The number of ether oxygens (including phenoxy) is 1. The molecule has 0 aromatic carbocycles. The number of rotatable bonds is 3. The summed E-state index contributed by atoms with van der Waals surface area (Å²) >= 11 is 0. The molecule has 4 atom stereocenters. The van der Waals surface area contributed by atoms with Gasteiger partial charge in [-0.15, -0.1) is 0 Å².